The van der Waals surface area contributed by atoms with Gasteiger partial charge in [-0.3, -0.25) is 0 Å². The number of hydrogen-bond donors (Lipinski definition) is 2. The summed E-state index contributed by atoms with van der Waals surface area (Å²) >= 11 is 0. The molecule has 20 heavy (non-hydrogen) atoms. The first-order valence-electron chi connectivity index (χ1n) is 6.41. The van der Waals surface area contributed by atoms with Crippen LogP contribution in [0.4, 0.5) is 0 Å². The Kier molecular flexibility index (Phi) is 3.13. The molecule has 0 unspecified atom stereocenters. The quantitative estimate of drug-likeness (QED) is 0.717. The van der Waals surface area contributed by atoms with Gasteiger partial charge in [0.25, 0.3) is 0 Å². The zero-order chi connectivity index (χ0) is 13.9. The molecule has 0 fully saturated rings. The summed E-state index contributed by atoms with van der Waals surface area (Å²) in [6.45, 7) is 0. The van der Waals surface area contributed by atoms with Crippen LogP contribution in [-0.4, -0.2) is 10.2 Å². The van der Waals surface area contributed by atoms with Crippen molar-refractivity contribution in [1.29, 1.82) is 0 Å². The molecular weight excluding hydrogens is 248 g/mol. The maximum absolute atomic E-state index is 9.51. The van der Waals surface area contributed by atoms with Crippen molar-refractivity contribution in [3.05, 3.63) is 72.8 Å². The molecule has 3 aromatic carbocycles. The smallest absolute Gasteiger partial charge is 0.116 e. The van der Waals surface area contributed by atoms with Crippen LogP contribution >= 0.6 is 0 Å². The summed E-state index contributed by atoms with van der Waals surface area (Å²) in [5.41, 5.74) is 4.20. The topological polar surface area (TPSA) is 40.5 Å². The van der Waals surface area contributed by atoms with Gasteiger partial charge in [0.2, 0.25) is 0 Å². The summed E-state index contributed by atoms with van der Waals surface area (Å²) in [5.74, 6) is 0.537. The van der Waals surface area contributed by atoms with Crippen LogP contribution in [0.15, 0.2) is 72.8 Å². The maximum Gasteiger partial charge on any atom is 0.116 e. The summed E-state index contributed by atoms with van der Waals surface area (Å²) in [6, 6.07) is 22.5. The Balaban J connectivity index is 1.93. The van der Waals surface area contributed by atoms with E-state index in [0.717, 1.165) is 22.3 Å². The van der Waals surface area contributed by atoms with Crippen molar-refractivity contribution in [2.75, 3.05) is 0 Å². The molecule has 3 aromatic rings. The highest BCUT2D eigenvalue weighted by Gasteiger charge is 2.01. The molecule has 98 valence electrons. The highest BCUT2D eigenvalue weighted by atomic mass is 16.3. The van der Waals surface area contributed by atoms with Gasteiger partial charge in [0.15, 0.2) is 0 Å². The average Bonchev–Trinajstić information content (AvgIpc) is 2.48. The van der Waals surface area contributed by atoms with Crippen molar-refractivity contribution in [1.82, 2.24) is 0 Å². The molecule has 2 nitrogen and oxygen atoms in total. The lowest BCUT2D eigenvalue weighted by Gasteiger charge is -2.05. The molecule has 0 radical (unpaired) electrons. The van der Waals surface area contributed by atoms with Gasteiger partial charge in [-0.1, -0.05) is 48.5 Å². The average molecular weight is 262 g/mol. The molecule has 0 amide bonds. The van der Waals surface area contributed by atoms with Gasteiger partial charge >= 0.3 is 0 Å². The summed E-state index contributed by atoms with van der Waals surface area (Å²) in [6.07, 6.45) is 0. The molecule has 0 heterocycles. The zero-order valence-electron chi connectivity index (χ0n) is 10.8. The second-order valence-electron chi connectivity index (χ2n) is 4.67. The van der Waals surface area contributed by atoms with E-state index in [2.05, 4.69) is 0 Å². The largest absolute Gasteiger partial charge is 0.508 e. The molecule has 0 aliphatic carbocycles. The van der Waals surface area contributed by atoms with Gasteiger partial charge in [0, 0.05) is 0 Å². The van der Waals surface area contributed by atoms with Crippen LogP contribution in [0.2, 0.25) is 0 Å². The maximum atomic E-state index is 9.51. The lowest BCUT2D eigenvalue weighted by molar-refractivity contribution is 0.475. The number of phenolic OH excluding ortho intramolecular Hbond substituents is 2. The van der Waals surface area contributed by atoms with Gasteiger partial charge in [-0.25, -0.2) is 0 Å². The zero-order valence-corrected chi connectivity index (χ0v) is 10.8. The second kappa shape index (κ2) is 5.10. The normalized spacial score (nSPS) is 10.4. The number of benzene rings is 3. The van der Waals surface area contributed by atoms with E-state index in [4.69, 9.17) is 0 Å². The van der Waals surface area contributed by atoms with Gasteiger partial charge in [-0.05, 0) is 46.5 Å². The fraction of sp³-hybridized carbons (Fsp3) is 0. The minimum absolute atomic E-state index is 0.269. The van der Waals surface area contributed by atoms with Gasteiger partial charge in [0.05, 0.1) is 0 Å². The molecule has 2 heteroatoms. The monoisotopic (exact) mass is 262 g/mol. The molecular formula is C18H14O2. The van der Waals surface area contributed by atoms with Crippen LogP contribution in [-0.2, 0) is 0 Å². The third kappa shape index (κ3) is 2.50. The van der Waals surface area contributed by atoms with E-state index < -0.39 is 0 Å². The first kappa shape index (κ1) is 12.3. The molecule has 0 spiro atoms. The Morgan fingerprint density at radius 3 is 1.50 bits per heavy atom. The van der Waals surface area contributed by atoms with E-state index in [-0.39, 0.29) is 11.5 Å². The standard InChI is InChI=1S/C18H14O2/c19-17-10-8-14(9-11-17)13-4-6-15(7-5-13)16-2-1-3-18(20)12-16/h1-12,19-20H. The van der Waals surface area contributed by atoms with E-state index in [0.29, 0.717) is 0 Å². The van der Waals surface area contributed by atoms with E-state index >= 15 is 0 Å². The van der Waals surface area contributed by atoms with Crippen molar-refractivity contribution in [3.8, 4) is 33.8 Å². The third-order valence-electron chi connectivity index (χ3n) is 3.27. The Morgan fingerprint density at radius 2 is 0.950 bits per heavy atom. The Labute approximate surface area is 117 Å². The van der Waals surface area contributed by atoms with Crippen molar-refractivity contribution in [2.24, 2.45) is 0 Å². The number of hydrogen-bond acceptors (Lipinski definition) is 2. The highest BCUT2D eigenvalue weighted by molar-refractivity contribution is 5.71. The Bertz CT molecular complexity index is 713. The lowest BCUT2D eigenvalue weighted by atomic mass is 10.0. The van der Waals surface area contributed by atoms with Crippen LogP contribution in [0.25, 0.3) is 22.3 Å². The van der Waals surface area contributed by atoms with Crippen LogP contribution in [0.3, 0.4) is 0 Å². The predicted molar refractivity (Wildman–Crippen MR) is 80.6 cm³/mol. The van der Waals surface area contributed by atoms with Gasteiger partial charge < -0.3 is 10.2 Å². The van der Waals surface area contributed by atoms with Crippen molar-refractivity contribution >= 4 is 0 Å². The highest BCUT2D eigenvalue weighted by Crippen LogP contribution is 2.27. The van der Waals surface area contributed by atoms with Crippen LogP contribution in [0.1, 0.15) is 0 Å². The molecule has 2 N–H and O–H groups in total. The third-order valence-corrected chi connectivity index (χ3v) is 3.27. The first-order valence-corrected chi connectivity index (χ1v) is 6.41. The number of aromatic hydroxyl groups is 2. The summed E-state index contributed by atoms with van der Waals surface area (Å²) < 4.78 is 0. The fourth-order valence-electron chi connectivity index (χ4n) is 2.19. The predicted octanol–water partition coefficient (Wildman–Crippen LogP) is 4.43. The molecule has 0 bridgehead atoms. The number of phenols is 2. The van der Waals surface area contributed by atoms with E-state index in [1.165, 1.54) is 0 Å². The van der Waals surface area contributed by atoms with Crippen molar-refractivity contribution < 1.29 is 10.2 Å². The molecule has 0 saturated heterocycles. The van der Waals surface area contributed by atoms with E-state index in [9.17, 15) is 10.2 Å². The van der Waals surface area contributed by atoms with E-state index in [1.807, 2.05) is 48.5 Å². The summed E-state index contributed by atoms with van der Waals surface area (Å²) in [5, 5.41) is 18.8. The lowest BCUT2D eigenvalue weighted by Crippen LogP contribution is -1.80. The second-order valence-corrected chi connectivity index (χ2v) is 4.67. The van der Waals surface area contributed by atoms with Crippen LogP contribution in [0, 0.1) is 0 Å². The molecule has 0 saturated carbocycles. The van der Waals surface area contributed by atoms with E-state index in [1.54, 1.807) is 24.3 Å². The molecule has 3 rings (SSSR count). The SMILES string of the molecule is Oc1ccc(-c2ccc(-c3cccc(O)c3)cc2)cc1. The van der Waals surface area contributed by atoms with Gasteiger partial charge in [-0.15, -0.1) is 0 Å². The fourth-order valence-corrected chi connectivity index (χ4v) is 2.19. The molecule has 0 aliphatic rings. The minimum atomic E-state index is 0.269. The Hall–Kier alpha value is -2.74. The summed E-state index contributed by atoms with van der Waals surface area (Å²) in [4.78, 5) is 0. The van der Waals surface area contributed by atoms with Crippen LogP contribution in [0.5, 0.6) is 11.5 Å². The summed E-state index contributed by atoms with van der Waals surface area (Å²) in [7, 11) is 0. The molecule has 0 atom stereocenters. The Morgan fingerprint density at radius 1 is 0.450 bits per heavy atom. The first-order chi connectivity index (χ1) is 9.72. The van der Waals surface area contributed by atoms with Crippen molar-refractivity contribution in [2.45, 2.75) is 0 Å². The van der Waals surface area contributed by atoms with Gasteiger partial charge in [-0.2, -0.15) is 0 Å². The van der Waals surface area contributed by atoms with Gasteiger partial charge in [0.1, 0.15) is 11.5 Å². The van der Waals surface area contributed by atoms with Crippen molar-refractivity contribution in [3.63, 3.8) is 0 Å². The van der Waals surface area contributed by atoms with Crippen LogP contribution < -0.4 is 0 Å². The number of rotatable bonds is 2. The molecule has 0 aromatic heterocycles. The minimum Gasteiger partial charge on any atom is -0.508 e. The molecule has 0 aliphatic heterocycles.